The summed E-state index contributed by atoms with van der Waals surface area (Å²) in [4.78, 5) is 2.67. The van der Waals surface area contributed by atoms with Gasteiger partial charge in [0.05, 0.1) is 9.40 Å². The molecule has 0 amide bonds. The molecule has 0 aliphatic heterocycles. The summed E-state index contributed by atoms with van der Waals surface area (Å²) >= 11 is 3.30. The lowest BCUT2D eigenvalue weighted by atomic mass is 9.79. The average Bonchev–Trinajstić information content (AvgIpc) is 3.60. The Kier molecular flexibility index (Phi) is 9.79. The summed E-state index contributed by atoms with van der Waals surface area (Å²) in [7, 11) is 0. The quantitative estimate of drug-likeness (QED) is 0.213. The fourth-order valence-electron chi connectivity index (χ4n) is 6.64. The molecular weight excluding hydrogens is 535 g/mol. The number of allylic oxidation sites excluding steroid dienone is 2. The Hall–Kier alpha value is -2.04. The summed E-state index contributed by atoms with van der Waals surface area (Å²) < 4.78 is 30.0. The number of aryl methyl sites for hydroxylation is 2. The zero-order chi connectivity index (χ0) is 28.2. The van der Waals surface area contributed by atoms with Crippen molar-refractivity contribution in [3.8, 4) is 0 Å². The van der Waals surface area contributed by atoms with Crippen molar-refractivity contribution in [2.24, 2.45) is 11.8 Å². The van der Waals surface area contributed by atoms with E-state index in [0.717, 1.165) is 49.6 Å². The molecule has 214 valence electrons. The van der Waals surface area contributed by atoms with Gasteiger partial charge >= 0.3 is 0 Å². The highest BCUT2D eigenvalue weighted by atomic mass is 32.1. The number of fused-ring (bicyclic) bond motifs is 2. The maximum Gasteiger partial charge on any atom is 0.143 e. The van der Waals surface area contributed by atoms with Crippen molar-refractivity contribution in [3.63, 3.8) is 0 Å². The van der Waals surface area contributed by atoms with Gasteiger partial charge in [0, 0.05) is 9.75 Å². The monoisotopic (exact) mass is 578 g/mol. The SMILES string of the molecule is CCCC1CC=C(c2cc3ccc(C)c(F)c3s2)CC1.CCCC1CCC(c2cc3ccc(C)c(F)c3s2)CC1. The van der Waals surface area contributed by atoms with E-state index in [2.05, 4.69) is 38.1 Å². The smallest absolute Gasteiger partial charge is 0.143 e. The van der Waals surface area contributed by atoms with Gasteiger partial charge in [0.1, 0.15) is 11.6 Å². The molecule has 0 spiro atoms. The second-order valence-corrected chi connectivity index (χ2v) is 14.3. The molecule has 6 rings (SSSR count). The fourth-order valence-corrected chi connectivity index (χ4v) is 9.18. The van der Waals surface area contributed by atoms with Gasteiger partial charge in [0.15, 0.2) is 0 Å². The maximum absolute atomic E-state index is 14.2. The van der Waals surface area contributed by atoms with Gasteiger partial charge < -0.3 is 0 Å². The minimum Gasteiger partial charge on any atom is -0.205 e. The summed E-state index contributed by atoms with van der Waals surface area (Å²) in [5.41, 5.74) is 2.93. The van der Waals surface area contributed by atoms with Crippen LogP contribution in [0.3, 0.4) is 0 Å². The van der Waals surface area contributed by atoms with Crippen LogP contribution in [0.15, 0.2) is 42.5 Å². The number of benzene rings is 2. The Morgan fingerprint density at radius 3 is 1.93 bits per heavy atom. The Morgan fingerprint density at radius 2 is 1.32 bits per heavy atom. The van der Waals surface area contributed by atoms with Crippen molar-refractivity contribution in [1.29, 1.82) is 0 Å². The zero-order valence-electron chi connectivity index (χ0n) is 24.6. The molecule has 0 saturated heterocycles. The van der Waals surface area contributed by atoms with Crippen LogP contribution in [0.5, 0.6) is 0 Å². The van der Waals surface area contributed by atoms with E-state index in [1.165, 1.54) is 79.5 Å². The summed E-state index contributed by atoms with van der Waals surface area (Å²) in [5, 5.41) is 2.13. The highest BCUT2D eigenvalue weighted by molar-refractivity contribution is 7.20. The molecule has 40 heavy (non-hydrogen) atoms. The van der Waals surface area contributed by atoms with E-state index < -0.39 is 0 Å². The number of hydrogen-bond acceptors (Lipinski definition) is 2. The van der Waals surface area contributed by atoms with Gasteiger partial charge in [-0.05, 0) is 116 Å². The number of halogens is 2. The van der Waals surface area contributed by atoms with E-state index in [9.17, 15) is 8.78 Å². The Balaban J connectivity index is 0.000000161. The molecule has 2 aromatic carbocycles. The van der Waals surface area contributed by atoms with Crippen LogP contribution in [0.4, 0.5) is 8.78 Å². The standard InChI is InChI=1S/C18H23FS.C18H21FS/c2*1-3-4-13-6-9-14(10-7-13)16-11-15-8-5-12(2)17(19)18(15)20-16/h5,8,11,13-14H,3-4,6-7,9-10H2,1-2H3;5,8-9,11,13H,3-4,6-7,10H2,1-2H3. The van der Waals surface area contributed by atoms with Crippen molar-refractivity contribution in [1.82, 2.24) is 0 Å². The van der Waals surface area contributed by atoms with E-state index in [1.807, 2.05) is 32.0 Å². The second-order valence-electron chi connectivity index (χ2n) is 12.2. The number of thiophene rings is 2. The first-order valence-electron chi connectivity index (χ1n) is 15.4. The van der Waals surface area contributed by atoms with Crippen LogP contribution in [0, 0.1) is 37.3 Å². The summed E-state index contributed by atoms with van der Waals surface area (Å²) in [6.45, 7) is 8.23. The molecule has 2 aromatic heterocycles. The minimum atomic E-state index is -0.0426. The molecule has 4 heteroatoms. The lowest BCUT2D eigenvalue weighted by Crippen LogP contribution is -2.12. The number of hydrogen-bond donors (Lipinski definition) is 0. The van der Waals surface area contributed by atoms with Crippen molar-refractivity contribution in [2.75, 3.05) is 0 Å². The molecule has 0 nitrogen and oxygen atoms in total. The predicted octanol–water partition coefficient (Wildman–Crippen LogP) is 12.8. The molecule has 0 bridgehead atoms. The van der Waals surface area contributed by atoms with E-state index in [-0.39, 0.29) is 11.6 Å². The highest BCUT2D eigenvalue weighted by Gasteiger charge is 2.24. The van der Waals surface area contributed by atoms with Crippen LogP contribution < -0.4 is 0 Å². The third kappa shape index (κ3) is 6.54. The van der Waals surface area contributed by atoms with E-state index >= 15 is 0 Å². The average molecular weight is 579 g/mol. The minimum absolute atomic E-state index is 0.0154. The lowest BCUT2D eigenvalue weighted by molar-refractivity contribution is 0.310. The summed E-state index contributed by atoms with van der Waals surface area (Å²) in [5.74, 6) is 2.40. The first-order chi connectivity index (χ1) is 19.4. The van der Waals surface area contributed by atoms with Gasteiger partial charge in [0.25, 0.3) is 0 Å². The molecule has 2 aliphatic rings. The van der Waals surface area contributed by atoms with Gasteiger partial charge in [-0.2, -0.15) is 0 Å². The predicted molar refractivity (Wildman–Crippen MR) is 173 cm³/mol. The van der Waals surface area contributed by atoms with Gasteiger partial charge in [-0.3, -0.25) is 0 Å². The molecule has 0 N–H and O–H groups in total. The molecule has 1 atom stereocenters. The maximum atomic E-state index is 14.2. The van der Waals surface area contributed by atoms with Gasteiger partial charge in [0.2, 0.25) is 0 Å². The highest BCUT2D eigenvalue weighted by Crippen LogP contribution is 2.43. The molecule has 4 aromatic rings. The number of rotatable bonds is 6. The largest absolute Gasteiger partial charge is 0.205 e. The van der Waals surface area contributed by atoms with Crippen LogP contribution in [0.1, 0.15) is 111 Å². The molecule has 1 fully saturated rings. The van der Waals surface area contributed by atoms with Crippen LogP contribution in [0.25, 0.3) is 25.7 Å². The Bertz CT molecular complexity index is 1470. The third-order valence-electron chi connectivity index (χ3n) is 9.14. The molecule has 1 unspecified atom stereocenters. The van der Waals surface area contributed by atoms with E-state index in [4.69, 9.17) is 0 Å². The topological polar surface area (TPSA) is 0 Å². The molecular formula is C36H44F2S2. The molecule has 2 aliphatic carbocycles. The normalized spacial score (nSPS) is 21.4. The summed E-state index contributed by atoms with van der Waals surface area (Å²) in [6, 6.07) is 12.3. The first kappa shape index (κ1) is 29.5. The zero-order valence-corrected chi connectivity index (χ0v) is 26.3. The van der Waals surface area contributed by atoms with Gasteiger partial charge in [-0.15, -0.1) is 22.7 Å². The molecule has 1 saturated carbocycles. The van der Waals surface area contributed by atoms with Crippen molar-refractivity contribution < 1.29 is 8.78 Å². The van der Waals surface area contributed by atoms with Crippen LogP contribution in [0.2, 0.25) is 0 Å². The van der Waals surface area contributed by atoms with E-state index in [0.29, 0.717) is 5.92 Å². The van der Waals surface area contributed by atoms with Crippen LogP contribution in [-0.2, 0) is 0 Å². The lowest BCUT2D eigenvalue weighted by Gasteiger charge is -2.27. The first-order valence-corrected chi connectivity index (χ1v) is 17.1. The molecule has 2 heterocycles. The third-order valence-corrected chi connectivity index (χ3v) is 11.7. The van der Waals surface area contributed by atoms with Crippen molar-refractivity contribution in [3.05, 3.63) is 75.0 Å². The van der Waals surface area contributed by atoms with E-state index in [1.54, 1.807) is 22.7 Å². The van der Waals surface area contributed by atoms with Crippen molar-refractivity contribution >= 4 is 48.4 Å². The Labute approximate surface area is 247 Å². The van der Waals surface area contributed by atoms with Crippen molar-refractivity contribution in [2.45, 2.75) is 104 Å². The fraction of sp³-hybridized carbons (Fsp3) is 0.500. The van der Waals surface area contributed by atoms with Gasteiger partial charge in [-0.25, -0.2) is 8.78 Å². The van der Waals surface area contributed by atoms with Gasteiger partial charge in [-0.1, -0.05) is 69.9 Å². The van der Waals surface area contributed by atoms with Crippen LogP contribution in [-0.4, -0.2) is 0 Å². The summed E-state index contributed by atoms with van der Waals surface area (Å²) in [6.07, 6.45) is 16.6. The Morgan fingerprint density at radius 1 is 0.725 bits per heavy atom. The second kappa shape index (κ2) is 13.3. The molecule has 0 radical (unpaired) electrons. The van der Waals surface area contributed by atoms with Crippen LogP contribution >= 0.6 is 22.7 Å².